The zero-order valence-corrected chi connectivity index (χ0v) is 14.3. The molecule has 1 unspecified atom stereocenters. The molecule has 0 amide bonds. The molecule has 1 atom stereocenters. The molecule has 0 bridgehead atoms. The average Bonchev–Trinajstić information content (AvgIpc) is 3.08. The highest BCUT2D eigenvalue weighted by Gasteiger charge is 2.30. The van der Waals surface area contributed by atoms with Gasteiger partial charge < -0.3 is 10.3 Å². The van der Waals surface area contributed by atoms with E-state index in [4.69, 9.17) is 5.73 Å². The van der Waals surface area contributed by atoms with Crippen molar-refractivity contribution < 1.29 is 8.42 Å². The Labute approximate surface area is 138 Å². The minimum Gasteiger partial charge on any atom is -0.329 e. The first-order chi connectivity index (χ1) is 10.1. The number of hydrogen-bond donors (Lipinski definition) is 2. The molecule has 1 saturated carbocycles. The molecule has 126 valence electrons. The lowest BCUT2D eigenvalue weighted by Gasteiger charge is -2.29. The highest BCUT2D eigenvalue weighted by Crippen LogP contribution is 2.27. The van der Waals surface area contributed by atoms with E-state index < -0.39 is 10.0 Å². The van der Waals surface area contributed by atoms with Gasteiger partial charge in [0.25, 0.3) is 10.0 Å². The summed E-state index contributed by atoms with van der Waals surface area (Å²) in [7, 11) is -3.53. The SMILES string of the molecule is Cl.NCC(NS(=O)(=O)c1cnc2n1CCC2)C1CCCCC1. The standard InChI is InChI=1S/C14H24N4O2S.ClH/c15-9-12(11-5-2-1-3-6-11)17-21(19,20)14-10-16-13-7-4-8-18(13)14;/h10-12,17H,1-9,15H2;1H. The normalized spacial score (nSPS) is 20.4. The van der Waals surface area contributed by atoms with Crippen molar-refractivity contribution in [3.63, 3.8) is 0 Å². The number of aromatic nitrogens is 2. The Morgan fingerprint density at radius 3 is 2.73 bits per heavy atom. The summed E-state index contributed by atoms with van der Waals surface area (Å²) < 4.78 is 29.9. The fourth-order valence-corrected chi connectivity index (χ4v) is 5.06. The molecule has 0 aromatic carbocycles. The summed E-state index contributed by atoms with van der Waals surface area (Å²) >= 11 is 0. The summed E-state index contributed by atoms with van der Waals surface area (Å²) in [6, 6.07) is -0.164. The molecule has 1 aliphatic heterocycles. The molecule has 2 aliphatic rings. The molecule has 1 aromatic rings. The lowest BCUT2D eigenvalue weighted by Crippen LogP contribution is -2.46. The number of sulfonamides is 1. The van der Waals surface area contributed by atoms with Gasteiger partial charge in [-0.3, -0.25) is 0 Å². The van der Waals surface area contributed by atoms with Gasteiger partial charge in [0.2, 0.25) is 0 Å². The van der Waals surface area contributed by atoms with E-state index >= 15 is 0 Å². The van der Waals surface area contributed by atoms with E-state index in [-0.39, 0.29) is 18.4 Å². The molecular formula is C14H25ClN4O2S. The predicted octanol–water partition coefficient (Wildman–Crippen LogP) is 1.44. The zero-order chi connectivity index (χ0) is 14.9. The van der Waals surface area contributed by atoms with Gasteiger partial charge in [0.05, 0.1) is 6.20 Å². The first-order valence-electron chi connectivity index (χ1n) is 7.88. The number of rotatable bonds is 5. The highest BCUT2D eigenvalue weighted by molar-refractivity contribution is 7.89. The summed E-state index contributed by atoms with van der Waals surface area (Å²) in [6.45, 7) is 1.09. The van der Waals surface area contributed by atoms with Crippen LogP contribution < -0.4 is 10.5 Å². The maximum Gasteiger partial charge on any atom is 0.258 e. The second-order valence-electron chi connectivity index (χ2n) is 6.13. The smallest absolute Gasteiger partial charge is 0.258 e. The number of nitrogens with one attached hydrogen (secondary N) is 1. The van der Waals surface area contributed by atoms with Gasteiger partial charge in [-0.25, -0.2) is 18.1 Å². The van der Waals surface area contributed by atoms with Gasteiger partial charge in [0.15, 0.2) is 5.03 Å². The number of hydrogen-bond acceptors (Lipinski definition) is 4. The molecule has 0 radical (unpaired) electrons. The van der Waals surface area contributed by atoms with Crippen LogP contribution in [0.25, 0.3) is 0 Å². The number of fused-ring (bicyclic) bond motifs is 1. The van der Waals surface area contributed by atoms with Crippen molar-refractivity contribution in [2.45, 2.75) is 62.6 Å². The Hall–Kier alpha value is -0.630. The summed E-state index contributed by atoms with van der Waals surface area (Å²) in [5, 5.41) is 0.296. The lowest BCUT2D eigenvalue weighted by atomic mass is 9.84. The zero-order valence-electron chi connectivity index (χ0n) is 12.7. The Morgan fingerprint density at radius 2 is 2.05 bits per heavy atom. The van der Waals surface area contributed by atoms with Crippen LogP contribution in [0.5, 0.6) is 0 Å². The monoisotopic (exact) mass is 348 g/mol. The van der Waals surface area contributed by atoms with Crippen LogP contribution in [0, 0.1) is 5.92 Å². The van der Waals surface area contributed by atoms with Crippen LogP contribution in [0.15, 0.2) is 11.2 Å². The summed E-state index contributed by atoms with van der Waals surface area (Å²) in [4.78, 5) is 4.22. The van der Waals surface area contributed by atoms with Crippen molar-refractivity contribution in [3.05, 3.63) is 12.0 Å². The van der Waals surface area contributed by atoms with Crippen LogP contribution in [0.1, 0.15) is 44.3 Å². The number of imidazole rings is 1. The molecule has 6 nitrogen and oxygen atoms in total. The van der Waals surface area contributed by atoms with Gasteiger partial charge in [-0.05, 0) is 25.2 Å². The van der Waals surface area contributed by atoms with Crippen LogP contribution in [0.3, 0.4) is 0 Å². The summed E-state index contributed by atoms with van der Waals surface area (Å²) in [6.07, 6.45) is 9.02. The maximum absolute atomic E-state index is 12.6. The fourth-order valence-electron chi connectivity index (χ4n) is 3.58. The van der Waals surface area contributed by atoms with Crippen LogP contribution >= 0.6 is 12.4 Å². The van der Waals surface area contributed by atoms with Crippen molar-refractivity contribution in [2.24, 2.45) is 11.7 Å². The predicted molar refractivity (Wildman–Crippen MR) is 87.5 cm³/mol. The van der Waals surface area contributed by atoms with Crippen LogP contribution in [0.4, 0.5) is 0 Å². The van der Waals surface area contributed by atoms with Crippen LogP contribution in [0.2, 0.25) is 0 Å². The Morgan fingerprint density at radius 1 is 1.32 bits per heavy atom. The van der Waals surface area contributed by atoms with Crippen molar-refractivity contribution in [3.8, 4) is 0 Å². The fraction of sp³-hybridized carbons (Fsp3) is 0.786. The maximum atomic E-state index is 12.6. The van der Waals surface area contributed by atoms with Crippen molar-refractivity contribution in [1.82, 2.24) is 14.3 Å². The van der Waals surface area contributed by atoms with Gasteiger partial charge in [0, 0.05) is 25.6 Å². The van der Waals surface area contributed by atoms with Gasteiger partial charge >= 0.3 is 0 Å². The second kappa shape index (κ2) is 7.29. The van der Waals surface area contributed by atoms with E-state index in [1.54, 1.807) is 0 Å². The van der Waals surface area contributed by atoms with Crippen LogP contribution in [-0.2, 0) is 23.0 Å². The Kier molecular flexibility index (Phi) is 5.87. The largest absolute Gasteiger partial charge is 0.329 e. The molecule has 8 heteroatoms. The lowest BCUT2D eigenvalue weighted by molar-refractivity contribution is 0.293. The van der Waals surface area contributed by atoms with Gasteiger partial charge in [-0.1, -0.05) is 19.3 Å². The average molecular weight is 349 g/mol. The van der Waals surface area contributed by atoms with Crippen LogP contribution in [-0.4, -0.2) is 30.6 Å². The van der Waals surface area contributed by atoms with Crippen molar-refractivity contribution in [2.75, 3.05) is 6.54 Å². The quantitative estimate of drug-likeness (QED) is 0.842. The molecule has 1 aromatic heterocycles. The molecule has 0 saturated heterocycles. The van der Waals surface area contributed by atoms with Gasteiger partial charge in [-0.2, -0.15) is 0 Å². The van der Waals surface area contributed by atoms with E-state index in [2.05, 4.69) is 9.71 Å². The number of halogens is 1. The topological polar surface area (TPSA) is 90.0 Å². The third-order valence-electron chi connectivity index (χ3n) is 4.74. The van der Waals surface area contributed by atoms with E-state index in [1.807, 2.05) is 4.57 Å². The first kappa shape index (κ1) is 17.7. The van der Waals surface area contributed by atoms with E-state index in [9.17, 15) is 8.42 Å². The molecule has 1 fully saturated rings. The van der Waals surface area contributed by atoms with E-state index in [1.165, 1.54) is 25.5 Å². The van der Waals surface area contributed by atoms with Crippen molar-refractivity contribution >= 4 is 22.4 Å². The number of nitrogens with zero attached hydrogens (tertiary/aromatic N) is 2. The minimum atomic E-state index is -3.53. The highest BCUT2D eigenvalue weighted by atomic mass is 35.5. The summed E-state index contributed by atoms with van der Waals surface area (Å²) in [5.74, 6) is 1.23. The minimum absolute atomic E-state index is 0. The Balaban J connectivity index is 0.00000176. The summed E-state index contributed by atoms with van der Waals surface area (Å²) in [5.41, 5.74) is 5.83. The molecule has 22 heavy (non-hydrogen) atoms. The van der Waals surface area contributed by atoms with Gasteiger partial charge in [0.1, 0.15) is 5.82 Å². The Bertz CT molecular complexity index is 596. The number of nitrogens with two attached hydrogens (primary N) is 1. The molecule has 3 rings (SSSR count). The molecule has 2 heterocycles. The number of aryl methyl sites for hydroxylation is 1. The molecular weight excluding hydrogens is 324 g/mol. The molecule has 3 N–H and O–H groups in total. The first-order valence-corrected chi connectivity index (χ1v) is 9.37. The second-order valence-corrected chi connectivity index (χ2v) is 7.79. The third-order valence-corrected chi connectivity index (χ3v) is 6.23. The third kappa shape index (κ3) is 3.48. The van der Waals surface area contributed by atoms with E-state index in [0.717, 1.165) is 38.1 Å². The molecule has 0 spiro atoms. The van der Waals surface area contributed by atoms with E-state index in [0.29, 0.717) is 17.5 Å². The molecule has 1 aliphatic carbocycles. The van der Waals surface area contributed by atoms with Crippen molar-refractivity contribution in [1.29, 1.82) is 0 Å². The van der Waals surface area contributed by atoms with Gasteiger partial charge in [-0.15, -0.1) is 12.4 Å².